The van der Waals surface area contributed by atoms with Gasteiger partial charge in [-0.1, -0.05) is 31.1 Å². The Labute approximate surface area is 127 Å². The summed E-state index contributed by atoms with van der Waals surface area (Å²) in [6.07, 6.45) is 4.03. The summed E-state index contributed by atoms with van der Waals surface area (Å²) in [6, 6.07) is 4.62. The van der Waals surface area contributed by atoms with Crippen LogP contribution in [0.2, 0.25) is 0 Å². The SMILES string of the molecule is CCCCCc1nnc(NS(=O)(=O)c2ccc(F)cc2)s1. The molecule has 0 spiro atoms. The van der Waals surface area contributed by atoms with Gasteiger partial charge in [-0.05, 0) is 30.7 Å². The summed E-state index contributed by atoms with van der Waals surface area (Å²) in [5, 5.41) is 8.82. The van der Waals surface area contributed by atoms with E-state index in [4.69, 9.17) is 0 Å². The predicted octanol–water partition coefficient (Wildman–Crippen LogP) is 3.21. The van der Waals surface area contributed by atoms with Crippen molar-refractivity contribution in [1.82, 2.24) is 10.2 Å². The summed E-state index contributed by atoms with van der Waals surface area (Å²) in [5.41, 5.74) is 0. The maximum atomic E-state index is 12.8. The van der Waals surface area contributed by atoms with Crippen molar-refractivity contribution in [2.24, 2.45) is 0 Å². The zero-order valence-corrected chi connectivity index (χ0v) is 13.2. The highest BCUT2D eigenvalue weighted by Gasteiger charge is 2.16. The molecule has 114 valence electrons. The lowest BCUT2D eigenvalue weighted by Gasteiger charge is -2.03. The zero-order chi connectivity index (χ0) is 15.3. The fourth-order valence-corrected chi connectivity index (χ4v) is 3.72. The number of rotatable bonds is 7. The van der Waals surface area contributed by atoms with Crippen LogP contribution in [-0.2, 0) is 16.4 Å². The van der Waals surface area contributed by atoms with Crippen molar-refractivity contribution in [2.75, 3.05) is 4.72 Å². The van der Waals surface area contributed by atoms with Gasteiger partial charge in [-0.3, -0.25) is 4.72 Å². The summed E-state index contributed by atoms with van der Waals surface area (Å²) in [4.78, 5) is -0.00775. The number of sulfonamides is 1. The molecule has 1 heterocycles. The topological polar surface area (TPSA) is 72.0 Å². The minimum absolute atomic E-state index is 0.00775. The Hall–Kier alpha value is -1.54. The van der Waals surface area contributed by atoms with E-state index in [9.17, 15) is 12.8 Å². The average Bonchev–Trinajstić information content (AvgIpc) is 2.86. The van der Waals surface area contributed by atoms with E-state index in [0.717, 1.165) is 42.8 Å². The molecule has 1 aromatic carbocycles. The minimum atomic E-state index is -3.75. The van der Waals surface area contributed by atoms with Gasteiger partial charge in [0.05, 0.1) is 4.90 Å². The number of benzene rings is 1. The van der Waals surface area contributed by atoms with Gasteiger partial charge in [0.15, 0.2) is 0 Å². The van der Waals surface area contributed by atoms with Crippen LogP contribution in [0.4, 0.5) is 9.52 Å². The van der Waals surface area contributed by atoms with Gasteiger partial charge in [0.25, 0.3) is 10.0 Å². The first-order valence-electron chi connectivity index (χ1n) is 6.62. The summed E-state index contributed by atoms with van der Waals surface area (Å²) in [5.74, 6) is -0.483. The molecule has 0 unspecified atom stereocenters. The molecule has 0 radical (unpaired) electrons. The maximum Gasteiger partial charge on any atom is 0.263 e. The summed E-state index contributed by atoms with van der Waals surface area (Å²) in [6.45, 7) is 2.11. The van der Waals surface area contributed by atoms with Crippen LogP contribution in [0.3, 0.4) is 0 Å². The van der Waals surface area contributed by atoms with E-state index in [1.807, 2.05) is 0 Å². The second kappa shape index (κ2) is 6.95. The lowest BCUT2D eigenvalue weighted by molar-refractivity contribution is 0.599. The Bertz CT molecular complexity index is 684. The first-order valence-corrected chi connectivity index (χ1v) is 8.92. The smallest absolute Gasteiger partial charge is 0.253 e. The number of aromatic nitrogens is 2. The van der Waals surface area contributed by atoms with Gasteiger partial charge in [-0.15, -0.1) is 10.2 Å². The molecular weight excluding hydrogens is 313 g/mol. The third kappa shape index (κ3) is 4.47. The molecule has 0 aliphatic carbocycles. The Morgan fingerprint density at radius 3 is 2.57 bits per heavy atom. The van der Waals surface area contributed by atoms with Gasteiger partial charge in [0, 0.05) is 6.42 Å². The first-order chi connectivity index (χ1) is 10.0. The third-order valence-corrected chi connectivity index (χ3v) is 5.19. The lowest BCUT2D eigenvalue weighted by atomic mass is 10.2. The highest BCUT2D eigenvalue weighted by atomic mass is 32.2. The monoisotopic (exact) mass is 329 g/mol. The van der Waals surface area contributed by atoms with Crippen LogP contribution in [0.25, 0.3) is 0 Å². The van der Waals surface area contributed by atoms with Crippen LogP contribution in [-0.4, -0.2) is 18.6 Å². The second-order valence-corrected chi connectivity index (χ2v) is 7.26. The van der Waals surface area contributed by atoms with Gasteiger partial charge in [0.2, 0.25) is 5.13 Å². The normalized spacial score (nSPS) is 11.5. The number of halogens is 1. The molecule has 0 aliphatic heterocycles. The molecule has 0 aliphatic rings. The van der Waals surface area contributed by atoms with Crippen molar-refractivity contribution in [3.05, 3.63) is 35.1 Å². The van der Waals surface area contributed by atoms with Crippen molar-refractivity contribution in [3.63, 3.8) is 0 Å². The fourth-order valence-electron chi connectivity index (χ4n) is 1.71. The Morgan fingerprint density at radius 2 is 1.90 bits per heavy atom. The van der Waals surface area contributed by atoms with E-state index in [0.29, 0.717) is 0 Å². The zero-order valence-electron chi connectivity index (χ0n) is 11.5. The molecule has 0 fully saturated rings. The third-order valence-electron chi connectivity index (χ3n) is 2.81. The van der Waals surface area contributed by atoms with Crippen molar-refractivity contribution in [3.8, 4) is 0 Å². The van der Waals surface area contributed by atoms with E-state index >= 15 is 0 Å². The summed E-state index contributed by atoms with van der Waals surface area (Å²) in [7, 11) is -3.75. The molecule has 0 saturated carbocycles. The van der Waals surface area contributed by atoms with Gasteiger partial charge in [-0.2, -0.15) is 0 Å². The number of anilines is 1. The first kappa shape index (κ1) is 15.8. The van der Waals surface area contributed by atoms with Crippen LogP contribution < -0.4 is 4.72 Å². The quantitative estimate of drug-likeness (QED) is 0.792. The van der Waals surface area contributed by atoms with Gasteiger partial charge in [-0.25, -0.2) is 12.8 Å². The van der Waals surface area contributed by atoms with Crippen LogP contribution in [0.15, 0.2) is 29.2 Å². The molecule has 0 bridgehead atoms. The summed E-state index contributed by atoms with van der Waals surface area (Å²) < 4.78 is 39.4. The molecule has 0 atom stereocenters. The second-order valence-electron chi connectivity index (χ2n) is 4.52. The van der Waals surface area contributed by atoms with Crippen molar-refractivity contribution in [2.45, 2.75) is 37.5 Å². The van der Waals surface area contributed by atoms with Gasteiger partial charge >= 0.3 is 0 Å². The lowest BCUT2D eigenvalue weighted by Crippen LogP contribution is -2.12. The molecule has 21 heavy (non-hydrogen) atoms. The van der Waals surface area contributed by atoms with E-state index in [1.165, 1.54) is 23.5 Å². The van der Waals surface area contributed by atoms with E-state index < -0.39 is 15.8 Å². The van der Waals surface area contributed by atoms with Crippen LogP contribution >= 0.6 is 11.3 Å². The molecule has 2 aromatic rings. The van der Waals surface area contributed by atoms with Gasteiger partial charge < -0.3 is 0 Å². The van der Waals surface area contributed by atoms with Crippen LogP contribution in [0.1, 0.15) is 31.2 Å². The van der Waals surface area contributed by atoms with E-state index in [2.05, 4.69) is 21.8 Å². The fraction of sp³-hybridized carbons (Fsp3) is 0.385. The number of nitrogens with one attached hydrogen (secondary N) is 1. The molecule has 2 rings (SSSR count). The predicted molar refractivity (Wildman–Crippen MR) is 80.3 cm³/mol. The number of aryl methyl sites for hydroxylation is 1. The van der Waals surface area contributed by atoms with Crippen molar-refractivity contribution < 1.29 is 12.8 Å². The standard InChI is InChI=1S/C13H16FN3O2S2/c1-2-3-4-5-12-15-16-13(20-12)17-21(18,19)11-8-6-10(14)7-9-11/h6-9H,2-5H2,1H3,(H,16,17). The Balaban J connectivity index is 2.05. The Morgan fingerprint density at radius 1 is 1.19 bits per heavy atom. The van der Waals surface area contributed by atoms with E-state index in [1.54, 1.807) is 0 Å². The van der Waals surface area contributed by atoms with Crippen LogP contribution in [0, 0.1) is 5.82 Å². The molecule has 1 N–H and O–H groups in total. The molecule has 0 saturated heterocycles. The number of hydrogen-bond donors (Lipinski definition) is 1. The molecule has 1 aromatic heterocycles. The van der Waals surface area contributed by atoms with Gasteiger partial charge in [0.1, 0.15) is 10.8 Å². The summed E-state index contributed by atoms with van der Waals surface area (Å²) >= 11 is 1.22. The average molecular weight is 329 g/mol. The number of nitrogens with zero attached hydrogens (tertiary/aromatic N) is 2. The molecular formula is C13H16FN3O2S2. The minimum Gasteiger partial charge on any atom is -0.253 e. The molecule has 8 heteroatoms. The number of unbranched alkanes of at least 4 members (excludes halogenated alkanes) is 2. The highest BCUT2D eigenvalue weighted by Crippen LogP contribution is 2.21. The molecule has 0 amide bonds. The van der Waals surface area contributed by atoms with Crippen LogP contribution in [0.5, 0.6) is 0 Å². The van der Waals surface area contributed by atoms with E-state index in [-0.39, 0.29) is 10.0 Å². The Kier molecular flexibility index (Phi) is 5.24. The largest absolute Gasteiger partial charge is 0.263 e. The highest BCUT2D eigenvalue weighted by molar-refractivity contribution is 7.93. The van der Waals surface area contributed by atoms with Crippen molar-refractivity contribution >= 4 is 26.5 Å². The maximum absolute atomic E-state index is 12.8. The molecule has 5 nitrogen and oxygen atoms in total. The van der Waals surface area contributed by atoms with Crippen molar-refractivity contribution in [1.29, 1.82) is 0 Å². The number of hydrogen-bond acceptors (Lipinski definition) is 5.